The third-order valence-electron chi connectivity index (χ3n) is 3.53. The predicted molar refractivity (Wildman–Crippen MR) is 72.3 cm³/mol. The molecule has 1 aliphatic carbocycles. The van der Waals surface area contributed by atoms with Crippen LogP contribution in [-0.4, -0.2) is 9.78 Å². The Balaban J connectivity index is 2.11. The Bertz CT molecular complexity index is 544. The number of hydrogen-bond acceptors (Lipinski definition) is 3. The zero-order chi connectivity index (χ0) is 12.0. The van der Waals surface area contributed by atoms with Gasteiger partial charge in [0, 0.05) is 17.5 Å². The van der Waals surface area contributed by atoms with Crippen molar-refractivity contribution in [2.45, 2.75) is 32.6 Å². The lowest BCUT2D eigenvalue weighted by Gasteiger charge is -1.97. The Morgan fingerprint density at radius 1 is 1.47 bits per heavy atom. The highest BCUT2D eigenvalue weighted by atomic mass is 32.1. The van der Waals surface area contributed by atoms with E-state index in [1.54, 1.807) is 9.56 Å². The molecule has 4 heteroatoms. The average molecular weight is 247 g/mol. The van der Waals surface area contributed by atoms with E-state index in [9.17, 15) is 0 Å². The van der Waals surface area contributed by atoms with Gasteiger partial charge in [0.15, 0.2) is 0 Å². The van der Waals surface area contributed by atoms with Crippen LogP contribution in [0.25, 0.3) is 10.6 Å². The first-order valence-corrected chi connectivity index (χ1v) is 6.95. The van der Waals surface area contributed by atoms with Crippen LogP contribution in [0.3, 0.4) is 0 Å². The van der Waals surface area contributed by atoms with Crippen molar-refractivity contribution in [3.8, 4) is 10.6 Å². The molecular formula is C13H17N3S. The van der Waals surface area contributed by atoms with Gasteiger partial charge < -0.3 is 5.73 Å². The quantitative estimate of drug-likeness (QED) is 0.886. The smallest absolute Gasteiger partial charge is 0.125 e. The maximum atomic E-state index is 6.05. The Morgan fingerprint density at radius 3 is 3.00 bits per heavy atom. The number of anilines is 1. The van der Waals surface area contributed by atoms with Crippen LogP contribution in [0.5, 0.6) is 0 Å². The Hall–Kier alpha value is -1.29. The van der Waals surface area contributed by atoms with Crippen LogP contribution in [0.4, 0.5) is 5.82 Å². The van der Waals surface area contributed by atoms with Gasteiger partial charge in [-0.3, -0.25) is 4.68 Å². The second-order valence-electron chi connectivity index (χ2n) is 4.60. The number of nitrogens with zero attached hydrogens (tertiary/aromatic N) is 2. The zero-order valence-corrected chi connectivity index (χ0v) is 11.1. The number of nitrogen functional groups attached to an aromatic ring is 1. The largest absolute Gasteiger partial charge is 0.384 e. The summed E-state index contributed by atoms with van der Waals surface area (Å²) in [6, 6.07) is 2.31. The maximum Gasteiger partial charge on any atom is 0.125 e. The number of hydrogen-bond donors (Lipinski definition) is 1. The normalized spacial score (nSPS) is 14.2. The van der Waals surface area contributed by atoms with Crippen LogP contribution >= 0.6 is 11.3 Å². The molecule has 0 saturated carbocycles. The van der Waals surface area contributed by atoms with E-state index in [0.717, 1.165) is 17.9 Å². The number of fused-ring (bicyclic) bond motifs is 1. The molecule has 2 heterocycles. The predicted octanol–water partition coefficient (Wildman–Crippen LogP) is 2.78. The molecule has 3 rings (SSSR count). The topological polar surface area (TPSA) is 43.8 Å². The third kappa shape index (κ3) is 1.59. The van der Waals surface area contributed by atoms with E-state index >= 15 is 0 Å². The summed E-state index contributed by atoms with van der Waals surface area (Å²) < 4.78 is 1.79. The second-order valence-corrected chi connectivity index (χ2v) is 5.74. The first kappa shape index (κ1) is 10.8. The molecule has 0 fully saturated rings. The van der Waals surface area contributed by atoms with Crippen molar-refractivity contribution in [1.29, 1.82) is 0 Å². The number of aromatic nitrogens is 2. The van der Waals surface area contributed by atoms with Crippen LogP contribution in [0, 0.1) is 0 Å². The van der Waals surface area contributed by atoms with Crippen molar-refractivity contribution in [3.05, 3.63) is 22.1 Å². The van der Waals surface area contributed by atoms with E-state index in [-0.39, 0.29) is 0 Å². The lowest BCUT2D eigenvalue weighted by atomic mass is 10.1. The Kier molecular flexibility index (Phi) is 2.47. The summed E-state index contributed by atoms with van der Waals surface area (Å²) in [5.41, 5.74) is 9.85. The highest BCUT2D eigenvalue weighted by Crippen LogP contribution is 2.38. The summed E-state index contributed by atoms with van der Waals surface area (Å²) in [5, 5.41) is 4.57. The third-order valence-corrected chi connectivity index (χ3v) is 4.77. The van der Waals surface area contributed by atoms with Gasteiger partial charge in [0.25, 0.3) is 0 Å². The molecule has 0 radical (unpaired) electrons. The minimum atomic E-state index is 0.802. The molecule has 0 unspecified atom stereocenters. The minimum absolute atomic E-state index is 0.802. The van der Waals surface area contributed by atoms with Gasteiger partial charge in [-0.1, -0.05) is 6.92 Å². The first-order chi connectivity index (χ1) is 8.20. The van der Waals surface area contributed by atoms with Gasteiger partial charge in [-0.15, -0.1) is 11.3 Å². The molecule has 2 N–H and O–H groups in total. The Labute approximate surface area is 105 Å². The van der Waals surface area contributed by atoms with E-state index in [1.807, 2.05) is 18.4 Å². The summed E-state index contributed by atoms with van der Waals surface area (Å²) in [6.07, 6.45) is 4.73. The lowest BCUT2D eigenvalue weighted by molar-refractivity contribution is 0.782. The van der Waals surface area contributed by atoms with Gasteiger partial charge in [-0.25, -0.2) is 0 Å². The van der Waals surface area contributed by atoms with Gasteiger partial charge in [-0.2, -0.15) is 5.10 Å². The molecule has 0 saturated heterocycles. The van der Waals surface area contributed by atoms with Gasteiger partial charge in [-0.05, 0) is 37.3 Å². The van der Waals surface area contributed by atoms with Crippen LogP contribution in [-0.2, 0) is 26.3 Å². The summed E-state index contributed by atoms with van der Waals surface area (Å²) in [6.45, 7) is 2.14. The van der Waals surface area contributed by atoms with E-state index in [2.05, 4.69) is 18.1 Å². The standard InChI is InChI=1S/C13H17N3S/c1-3-9-12(15-16(2)13(9)14)11-7-8-5-4-6-10(8)17-11/h7H,3-6,14H2,1-2H3. The molecule has 0 aliphatic heterocycles. The fourth-order valence-electron chi connectivity index (χ4n) is 2.57. The van der Waals surface area contributed by atoms with Crippen molar-refractivity contribution in [3.63, 3.8) is 0 Å². The fraction of sp³-hybridized carbons (Fsp3) is 0.462. The highest BCUT2D eigenvalue weighted by Gasteiger charge is 2.20. The molecule has 0 atom stereocenters. The molecule has 3 nitrogen and oxygen atoms in total. The number of nitrogens with two attached hydrogens (primary N) is 1. The van der Waals surface area contributed by atoms with E-state index in [0.29, 0.717) is 0 Å². The van der Waals surface area contributed by atoms with Gasteiger partial charge in [0.1, 0.15) is 11.5 Å². The summed E-state index contributed by atoms with van der Waals surface area (Å²) in [7, 11) is 1.92. The van der Waals surface area contributed by atoms with Gasteiger partial charge in [0.05, 0.1) is 4.88 Å². The van der Waals surface area contributed by atoms with Crippen molar-refractivity contribution in [2.75, 3.05) is 5.73 Å². The monoisotopic (exact) mass is 247 g/mol. The lowest BCUT2D eigenvalue weighted by Crippen LogP contribution is -1.98. The van der Waals surface area contributed by atoms with Crippen molar-refractivity contribution >= 4 is 17.2 Å². The molecule has 17 heavy (non-hydrogen) atoms. The highest BCUT2D eigenvalue weighted by molar-refractivity contribution is 7.15. The molecule has 0 spiro atoms. The van der Waals surface area contributed by atoms with Gasteiger partial charge >= 0.3 is 0 Å². The van der Waals surface area contributed by atoms with Crippen LogP contribution in [0.15, 0.2) is 6.07 Å². The molecule has 2 aromatic heterocycles. The van der Waals surface area contributed by atoms with Crippen LogP contribution < -0.4 is 5.73 Å². The zero-order valence-electron chi connectivity index (χ0n) is 10.3. The summed E-state index contributed by atoms with van der Waals surface area (Å²) >= 11 is 1.90. The summed E-state index contributed by atoms with van der Waals surface area (Å²) in [5.74, 6) is 0.802. The van der Waals surface area contributed by atoms with Crippen LogP contribution in [0.2, 0.25) is 0 Å². The van der Waals surface area contributed by atoms with Crippen molar-refractivity contribution in [2.24, 2.45) is 7.05 Å². The molecule has 2 aromatic rings. The number of aryl methyl sites for hydroxylation is 3. The average Bonchev–Trinajstić information content (AvgIpc) is 2.93. The van der Waals surface area contributed by atoms with Crippen molar-refractivity contribution < 1.29 is 0 Å². The molecular weight excluding hydrogens is 230 g/mol. The summed E-state index contributed by atoms with van der Waals surface area (Å²) in [4.78, 5) is 2.84. The second kappa shape index (κ2) is 3.88. The van der Waals surface area contributed by atoms with E-state index in [4.69, 9.17) is 5.73 Å². The van der Waals surface area contributed by atoms with E-state index in [1.165, 1.54) is 35.3 Å². The Morgan fingerprint density at radius 2 is 2.29 bits per heavy atom. The van der Waals surface area contributed by atoms with Crippen molar-refractivity contribution in [1.82, 2.24) is 9.78 Å². The molecule has 0 bridgehead atoms. The maximum absolute atomic E-state index is 6.05. The van der Waals surface area contributed by atoms with E-state index < -0.39 is 0 Å². The SMILES string of the molecule is CCc1c(-c2cc3c(s2)CCC3)nn(C)c1N. The molecule has 0 amide bonds. The molecule has 90 valence electrons. The van der Waals surface area contributed by atoms with Gasteiger partial charge in [0.2, 0.25) is 0 Å². The molecule has 0 aromatic carbocycles. The van der Waals surface area contributed by atoms with Crippen LogP contribution in [0.1, 0.15) is 29.3 Å². The fourth-order valence-corrected chi connectivity index (χ4v) is 3.84. The number of thiophene rings is 1. The first-order valence-electron chi connectivity index (χ1n) is 6.14. The minimum Gasteiger partial charge on any atom is -0.384 e. The molecule has 1 aliphatic rings. The number of rotatable bonds is 2.